The van der Waals surface area contributed by atoms with Gasteiger partial charge in [0.25, 0.3) is 5.69 Å². The SMILES string of the molecule is CCC1=C(C(=O)OCCN(Cc2ccccc2)c2ccccc2)C(c2cccc([N+](=O)[O-])c2)C(P2(=O)OCC(C)(C)CO2)=C(C)N1. The van der Waals surface area contributed by atoms with E-state index in [1.54, 1.807) is 19.1 Å². The van der Waals surface area contributed by atoms with Crippen molar-refractivity contribution >= 4 is 24.9 Å². The van der Waals surface area contributed by atoms with E-state index in [1.807, 2.05) is 81.4 Å². The second-order valence-electron chi connectivity index (χ2n) is 12.3. The number of allylic oxidation sites excluding steroid dienone is 3. The van der Waals surface area contributed by atoms with Gasteiger partial charge in [-0.2, -0.15) is 0 Å². The Morgan fingerprint density at radius 2 is 1.70 bits per heavy atom. The number of nitrogens with zero attached hydrogens (tertiary/aromatic N) is 2. The van der Waals surface area contributed by atoms with Gasteiger partial charge in [-0.05, 0) is 36.6 Å². The predicted molar refractivity (Wildman–Crippen MR) is 177 cm³/mol. The van der Waals surface area contributed by atoms with Crippen LogP contribution in [-0.4, -0.2) is 37.3 Å². The van der Waals surface area contributed by atoms with Gasteiger partial charge in [-0.15, -0.1) is 0 Å². The van der Waals surface area contributed by atoms with E-state index in [1.165, 1.54) is 12.1 Å². The lowest BCUT2D eigenvalue weighted by atomic mass is 9.85. The molecule has 10 nitrogen and oxygen atoms in total. The number of esters is 1. The predicted octanol–water partition coefficient (Wildman–Crippen LogP) is 7.69. The number of nitrogens with one attached hydrogen (secondary N) is 1. The summed E-state index contributed by atoms with van der Waals surface area (Å²) >= 11 is 0. The molecule has 0 aromatic heterocycles. The maximum absolute atomic E-state index is 14.4. The van der Waals surface area contributed by atoms with Gasteiger partial charge < -0.3 is 24.0 Å². The molecule has 1 atom stereocenters. The lowest BCUT2D eigenvalue weighted by Crippen LogP contribution is -2.35. The van der Waals surface area contributed by atoms with E-state index < -0.39 is 24.4 Å². The van der Waals surface area contributed by atoms with Crippen LogP contribution in [0.25, 0.3) is 0 Å². The van der Waals surface area contributed by atoms with E-state index in [2.05, 4.69) is 10.2 Å². The molecule has 0 bridgehead atoms. The number of nitro groups is 1. The van der Waals surface area contributed by atoms with Crippen LogP contribution in [-0.2, 0) is 29.7 Å². The normalized spacial score (nSPS) is 18.9. The first-order chi connectivity index (χ1) is 22.0. The highest BCUT2D eigenvalue weighted by molar-refractivity contribution is 7.58. The Kier molecular flexibility index (Phi) is 10.1. The number of dihydropyridines is 1. The summed E-state index contributed by atoms with van der Waals surface area (Å²) < 4.78 is 32.3. The largest absolute Gasteiger partial charge is 0.460 e. The topological polar surface area (TPSA) is 120 Å². The van der Waals surface area contributed by atoms with Crippen molar-refractivity contribution in [1.29, 1.82) is 0 Å². The molecule has 0 aliphatic carbocycles. The molecule has 5 rings (SSSR count). The first kappa shape index (κ1) is 33.1. The smallest absolute Gasteiger partial charge is 0.360 e. The van der Waals surface area contributed by atoms with Gasteiger partial charge in [0.05, 0.1) is 41.5 Å². The van der Waals surface area contributed by atoms with Gasteiger partial charge in [0.1, 0.15) is 6.61 Å². The van der Waals surface area contributed by atoms with Crippen molar-refractivity contribution in [3.8, 4) is 0 Å². The van der Waals surface area contributed by atoms with Gasteiger partial charge >= 0.3 is 13.6 Å². The third-order valence-electron chi connectivity index (χ3n) is 8.08. The Morgan fingerprint density at radius 1 is 1.04 bits per heavy atom. The molecule has 2 aliphatic rings. The van der Waals surface area contributed by atoms with E-state index in [4.69, 9.17) is 13.8 Å². The van der Waals surface area contributed by atoms with Crippen molar-refractivity contribution in [2.45, 2.75) is 46.6 Å². The van der Waals surface area contributed by atoms with Gasteiger partial charge in [-0.3, -0.25) is 14.7 Å². The van der Waals surface area contributed by atoms with Gasteiger partial charge in [-0.25, -0.2) is 4.79 Å². The number of hydrogen-bond donors (Lipinski definition) is 1. The van der Waals surface area contributed by atoms with Crippen LogP contribution in [0.3, 0.4) is 0 Å². The van der Waals surface area contributed by atoms with E-state index in [0.717, 1.165) is 11.3 Å². The standard InChI is InChI=1S/C35H40N3O7P/c1-5-30-32(34(39)43-20-19-37(28-16-10-7-11-17-28)22-26-13-8-6-9-14-26)31(27-15-12-18-29(21-27)38(40)41)33(25(2)36-30)46(42)44-23-35(3,4)24-45-46/h6-18,21,31,36H,5,19-20,22-24H2,1-4H3. The molecule has 2 aliphatic heterocycles. The van der Waals surface area contributed by atoms with Crippen LogP contribution < -0.4 is 10.2 Å². The number of non-ortho nitro benzene ring substituents is 1. The minimum absolute atomic E-state index is 0.0690. The highest BCUT2D eigenvalue weighted by Gasteiger charge is 2.48. The van der Waals surface area contributed by atoms with Crippen LogP contribution in [0.2, 0.25) is 0 Å². The summed E-state index contributed by atoms with van der Waals surface area (Å²) in [5.74, 6) is -1.56. The van der Waals surface area contributed by atoms with Crippen molar-refractivity contribution in [3.63, 3.8) is 0 Å². The third-order valence-corrected chi connectivity index (χ3v) is 10.2. The number of ether oxygens (including phenoxy) is 1. The quantitative estimate of drug-likeness (QED) is 0.0968. The van der Waals surface area contributed by atoms with Crippen LogP contribution in [0.15, 0.2) is 107 Å². The zero-order valence-corrected chi connectivity index (χ0v) is 27.5. The molecule has 3 aromatic carbocycles. The second kappa shape index (κ2) is 14.0. The number of carbonyl (C=O) groups is 1. The highest BCUT2D eigenvalue weighted by Crippen LogP contribution is 2.66. The molecular weight excluding hydrogens is 605 g/mol. The molecule has 2 heterocycles. The molecule has 1 unspecified atom stereocenters. The molecule has 0 spiro atoms. The number of para-hydroxylation sites is 1. The monoisotopic (exact) mass is 645 g/mol. The fourth-order valence-corrected chi connectivity index (χ4v) is 8.17. The molecule has 3 aromatic rings. The molecule has 46 heavy (non-hydrogen) atoms. The Hall–Kier alpha value is -4.24. The molecule has 1 saturated heterocycles. The summed E-state index contributed by atoms with van der Waals surface area (Å²) in [6.07, 6.45) is 0.434. The molecule has 0 radical (unpaired) electrons. The molecule has 0 saturated carbocycles. The molecule has 1 N–H and O–H groups in total. The zero-order chi connectivity index (χ0) is 32.9. The average molecular weight is 646 g/mol. The van der Waals surface area contributed by atoms with Crippen molar-refractivity contribution in [1.82, 2.24) is 5.32 Å². The summed E-state index contributed by atoms with van der Waals surface area (Å²) in [6, 6.07) is 26.0. The van der Waals surface area contributed by atoms with Gasteiger partial charge in [0, 0.05) is 41.2 Å². The number of benzene rings is 3. The van der Waals surface area contributed by atoms with Crippen LogP contribution >= 0.6 is 7.60 Å². The third kappa shape index (κ3) is 7.41. The lowest BCUT2D eigenvalue weighted by Gasteiger charge is -2.40. The molecule has 1 fully saturated rings. The van der Waals surface area contributed by atoms with Crippen molar-refractivity contribution in [3.05, 3.63) is 128 Å². The van der Waals surface area contributed by atoms with E-state index >= 15 is 0 Å². The Morgan fingerprint density at radius 3 is 2.33 bits per heavy atom. The second-order valence-corrected chi connectivity index (χ2v) is 14.2. The van der Waals surface area contributed by atoms with Gasteiger partial charge in [0.2, 0.25) is 0 Å². The van der Waals surface area contributed by atoms with E-state index in [0.29, 0.717) is 36.5 Å². The Balaban J connectivity index is 1.47. The number of carbonyl (C=O) groups excluding carboxylic acids is 1. The van der Waals surface area contributed by atoms with Crippen molar-refractivity contribution in [2.75, 3.05) is 31.3 Å². The fourth-order valence-electron chi connectivity index (χ4n) is 5.72. The average Bonchev–Trinajstić information content (AvgIpc) is 3.06. The number of hydrogen-bond acceptors (Lipinski definition) is 9. The summed E-state index contributed by atoms with van der Waals surface area (Å²) in [5.41, 5.74) is 3.34. The fraction of sp³-hybridized carbons (Fsp3) is 0.343. The van der Waals surface area contributed by atoms with E-state index in [-0.39, 0.29) is 41.8 Å². The van der Waals surface area contributed by atoms with Gasteiger partial charge in [0.15, 0.2) is 0 Å². The van der Waals surface area contributed by atoms with Crippen LogP contribution in [0.1, 0.15) is 51.2 Å². The van der Waals surface area contributed by atoms with Crippen molar-refractivity contribution in [2.24, 2.45) is 5.41 Å². The summed E-state index contributed by atoms with van der Waals surface area (Å²) in [4.78, 5) is 27.5. The first-order valence-corrected chi connectivity index (χ1v) is 16.9. The molecule has 0 amide bonds. The zero-order valence-electron chi connectivity index (χ0n) is 26.6. The van der Waals surface area contributed by atoms with Gasteiger partial charge in [-0.1, -0.05) is 81.4 Å². The molecular formula is C35H40N3O7P. The molecule has 11 heteroatoms. The van der Waals surface area contributed by atoms with Crippen LogP contribution in [0, 0.1) is 15.5 Å². The minimum Gasteiger partial charge on any atom is -0.460 e. The first-order valence-electron chi connectivity index (χ1n) is 15.4. The Bertz CT molecular complexity index is 1670. The number of anilines is 1. The lowest BCUT2D eigenvalue weighted by molar-refractivity contribution is -0.384. The minimum atomic E-state index is -3.92. The van der Waals surface area contributed by atoms with Crippen LogP contribution in [0.4, 0.5) is 11.4 Å². The summed E-state index contributed by atoms with van der Waals surface area (Å²) in [5, 5.41) is 15.3. The van der Waals surface area contributed by atoms with Crippen molar-refractivity contribution < 1.29 is 28.1 Å². The summed E-state index contributed by atoms with van der Waals surface area (Å²) in [6.45, 7) is 9.01. The number of rotatable bonds is 11. The summed E-state index contributed by atoms with van der Waals surface area (Å²) in [7, 11) is -3.92. The number of nitro benzene ring substituents is 1. The maximum atomic E-state index is 14.4. The highest BCUT2D eigenvalue weighted by atomic mass is 31.2. The molecule has 242 valence electrons. The Labute approximate surface area is 269 Å². The maximum Gasteiger partial charge on any atom is 0.360 e. The van der Waals surface area contributed by atoms with Crippen LogP contribution in [0.5, 0.6) is 0 Å². The van der Waals surface area contributed by atoms with E-state index in [9.17, 15) is 19.5 Å².